The van der Waals surface area contributed by atoms with Crippen molar-refractivity contribution in [2.45, 2.75) is 51.8 Å². The van der Waals surface area contributed by atoms with E-state index < -0.39 is 5.60 Å². The normalized spacial score (nSPS) is 20.6. The summed E-state index contributed by atoms with van der Waals surface area (Å²) in [6.07, 6.45) is 0.722. The zero-order chi connectivity index (χ0) is 15.6. The molecule has 0 radical (unpaired) electrons. The molecule has 1 amide bonds. The summed E-state index contributed by atoms with van der Waals surface area (Å²) in [5.74, 6) is 0. The van der Waals surface area contributed by atoms with Gasteiger partial charge in [0.1, 0.15) is 5.60 Å². The Morgan fingerprint density at radius 2 is 2.29 bits per heavy atom. The van der Waals surface area contributed by atoms with Crippen molar-refractivity contribution in [3.8, 4) is 0 Å². The van der Waals surface area contributed by atoms with Crippen molar-refractivity contribution in [2.75, 3.05) is 13.1 Å². The van der Waals surface area contributed by atoms with Gasteiger partial charge in [-0.3, -0.25) is 0 Å². The second kappa shape index (κ2) is 6.55. The summed E-state index contributed by atoms with van der Waals surface area (Å²) in [7, 11) is 0. The smallest absolute Gasteiger partial charge is 0.410 e. The van der Waals surface area contributed by atoms with Crippen LogP contribution in [0.3, 0.4) is 0 Å². The second-order valence-corrected chi connectivity index (χ2v) is 8.03. The quantitative estimate of drug-likeness (QED) is 0.908. The molecule has 4 nitrogen and oxygen atoms in total. The van der Waals surface area contributed by atoms with Crippen LogP contribution < -0.4 is 5.32 Å². The van der Waals surface area contributed by atoms with Crippen LogP contribution in [0.4, 0.5) is 4.79 Å². The van der Waals surface area contributed by atoms with Gasteiger partial charge in [-0.15, -0.1) is 11.3 Å². The molecular formula is C15H23ClN2O2S. The molecule has 1 aromatic rings. The third-order valence-corrected chi connectivity index (χ3v) is 4.52. The molecule has 0 saturated carbocycles. The number of nitrogens with one attached hydrogen (secondary N) is 1. The number of carbonyl (C=O) groups excluding carboxylic acids is 1. The average molecular weight is 331 g/mol. The minimum absolute atomic E-state index is 0.224. The molecular weight excluding hydrogens is 308 g/mol. The first-order chi connectivity index (χ1) is 9.74. The lowest BCUT2D eigenvalue weighted by Crippen LogP contribution is -2.38. The zero-order valence-electron chi connectivity index (χ0n) is 13.0. The van der Waals surface area contributed by atoms with E-state index >= 15 is 0 Å². The second-order valence-electron chi connectivity index (χ2n) is 6.48. The van der Waals surface area contributed by atoms with Gasteiger partial charge in [-0.25, -0.2) is 4.79 Å². The van der Waals surface area contributed by atoms with Gasteiger partial charge in [0, 0.05) is 25.2 Å². The standard InChI is InChI=1S/C15H23ClN2O2S/c1-10(11-7-13(16)21-9-11)17-12-5-6-18(8-12)14(19)20-15(2,3)4/h7,9-10,12,17H,5-6,8H2,1-4H3. The molecule has 21 heavy (non-hydrogen) atoms. The van der Waals surface area contributed by atoms with E-state index in [4.69, 9.17) is 16.3 Å². The van der Waals surface area contributed by atoms with Gasteiger partial charge in [0.2, 0.25) is 0 Å². The monoisotopic (exact) mass is 330 g/mol. The predicted molar refractivity (Wildman–Crippen MR) is 87.1 cm³/mol. The Morgan fingerprint density at radius 1 is 1.57 bits per heavy atom. The number of rotatable bonds is 3. The minimum atomic E-state index is -0.441. The highest BCUT2D eigenvalue weighted by atomic mass is 35.5. The molecule has 0 bridgehead atoms. The highest BCUT2D eigenvalue weighted by molar-refractivity contribution is 7.14. The Kier molecular flexibility index (Phi) is 5.17. The highest BCUT2D eigenvalue weighted by Crippen LogP contribution is 2.26. The fourth-order valence-corrected chi connectivity index (χ4v) is 3.37. The summed E-state index contributed by atoms with van der Waals surface area (Å²) >= 11 is 7.51. The van der Waals surface area contributed by atoms with Crippen LogP contribution >= 0.6 is 22.9 Å². The Balaban J connectivity index is 1.84. The summed E-state index contributed by atoms with van der Waals surface area (Å²) in [5, 5.41) is 5.62. The van der Waals surface area contributed by atoms with Crippen molar-refractivity contribution in [3.63, 3.8) is 0 Å². The Bertz CT molecular complexity index is 498. The third kappa shape index (κ3) is 4.87. The van der Waals surface area contributed by atoms with E-state index in [9.17, 15) is 4.79 Å². The van der Waals surface area contributed by atoms with Gasteiger partial charge in [0.05, 0.1) is 4.34 Å². The lowest BCUT2D eigenvalue weighted by Gasteiger charge is -2.25. The van der Waals surface area contributed by atoms with E-state index in [0.717, 1.165) is 17.3 Å². The molecule has 0 spiro atoms. The number of hydrogen-bond acceptors (Lipinski definition) is 4. The maximum atomic E-state index is 12.0. The molecule has 118 valence electrons. The molecule has 1 aliphatic rings. The van der Waals surface area contributed by atoms with Crippen LogP contribution in [0.15, 0.2) is 11.4 Å². The molecule has 1 N–H and O–H groups in total. The maximum Gasteiger partial charge on any atom is 0.410 e. The Morgan fingerprint density at radius 3 is 2.86 bits per heavy atom. The maximum absolute atomic E-state index is 12.0. The zero-order valence-corrected chi connectivity index (χ0v) is 14.6. The molecule has 0 aliphatic carbocycles. The SMILES string of the molecule is CC(NC1CCN(C(=O)OC(C)(C)C)C1)c1csc(Cl)c1. The summed E-state index contributed by atoms with van der Waals surface area (Å²) in [6, 6.07) is 2.52. The molecule has 6 heteroatoms. The van der Waals surface area contributed by atoms with Crippen molar-refractivity contribution in [3.05, 3.63) is 21.3 Å². The lowest BCUT2D eigenvalue weighted by molar-refractivity contribution is 0.0290. The van der Waals surface area contributed by atoms with Crippen LogP contribution in [0.25, 0.3) is 0 Å². The minimum Gasteiger partial charge on any atom is -0.444 e. The predicted octanol–water partition coefficient (Wildman–Crippen LogP) is 4.06. The van der Waals surface area contributed by atoms with E-state index in [-0.39, 0.29) is 12.1 Å². The number of hydrogen-bond donors (Lipinski definition) is 1. The van der Waals surface area contributed by atoms with Gasteiger partial charge in [0.25, 0.3) is 0 Å². The van der Waals surface area contributed by atoms with Crippen LogP contribution in [-0.4, -0.2) is 35.7 Å². The van der Waals surface area contributed by atoms with Crippen LogP contribution in [0, 0.1) is 0 Å². The molecule has 1 saturated heterocycles. The number of amides is 1. The van der Waals surface area contributed by atoms with Crippen LogP contribution in [0.2, 0.25) is 4.34 Å². The Hall–Kier alpha value is -0.780. The van der Waals surface area contributed by atoms with Crippen LogP contribution in [0.5, 0.6) is 0 Å². The summed E-state index contributed by atoms with van der Waals surface area (Å²) in [6.45, 7) is 9.21. The molecule has 0 aromatic carbocycles. The van der Waals surface area contributed by atoms with Gasteiger partial charge in [-0.05, 0) is 51.1 Å². The van der Waals surface area contributed by atoms with Gasteiger partial charge >= 0.3 is 6.09 Å². The molecule has 1 aromatic heterocycles. The van der Waals surface area contributed by atoms with Gasteiger partial charge in [-0.1, -0.05) is 11.6 Å². The molecule has 2 rings (SSSR count). The summed E-state index contributed by atoms with van der Waals surface area (Å²) in [5.41, 5.74) is 0.754. The third-order valence-electron chi connectivity index (χ3n) is 3.41. The van der Waals surface area contributed by atoms with Crippen molar-refractivity contribution in [1.29, 1.82) is 0 Å². The first-order valence-corrected chi connectivity index (χ1v) is 8.48. The number of nitrogens with zero attached hydrogens (tertiary/aromatic N) is 1. The van der Waals surface area contributed by atoms with Gasteiger partial charge in [-0.2, -0.15) is 0 Å². The number of carbonyl (C=O) groups is 1. The number of thiophene rings is 1. The van der Waals surface area contributed by atoms with Crippen LogP contribution in [0.1, 0.15) is 45.7 Å². The van der Waals surface area contributed by atoms with E-state index in [1.807, 2.05) is 26.8 Å². The van der Waals surface area contributed by atoms with Crippen molar-refractivity contribution in [2.24, 2.45) is 0 Å². The molecule has 2 atom stereocenters. The fourth-order valence-electron chi connectivity index (χ4n) is 2.39. The van der Waals surface area contributed by atoms with Crippen molar-refractivity contribution < 1.29 is 9.53 Å². The van der Waals surface area contributed by atoms with Crippen LogP contribution in [-0.2, 0) is 4.74 Å². The average Bonchev–Trinajstić information content (AvgIpc) is 2.96. The van der Waals surface area contributed by atoms with Gasteiger partial charge < -0.3 is 15.0 Å². The van der Waals surface area contributed by atoms with E-state index in [0.29, 0.717) is 12.6 Å². The molecule has 2 heterocycles. The van der Waals surface area contributed by atoms with E-state index in [1.165, 1.54) is 5.56 Å². The first-order valence-electron chi connectivity index (χ1n) is 7.22. The lowest BCUT2D eigenvalue weighted by atomic mass is 10.1. The topological polar surface area (TPSA) is 41.6 Å². The number of halogens is 1. The van der Waals surface area contributed by atoms with E-state index in [1.54, 1.807) is 16.2 Å². The number of ether oxygens (including phenoxy) is 1. The fraction of sp³-hybridized carbons (Fsp3) is 0.667. The van der Waals surface area contributed by atoms with E-state index in [2.05, 4.69) is 17.6 Å². The highest BCUT2D eigenvalue weighted by Gasteiger charge is 2.30. The largest absolute Gasteiger partial charge is 0.444 e. The molecule has 1 aliphatic heterocycles. The number of likely N-dealkylation sites (tertiary alicyclic amines) is 1. The first kappa shape index (κ1) is 16.6. The van der Waals surface area contributed by atoms with Crippen molar-refractivity contribution in [1.82, 2.24) is 10.2 Å². The summed E-state index contributed by atoms with van der Waals surface area (Å²) < 4.78 is 6.21. The summed E-state index contributed by atoms with van der Waals surface area (Å²) in [4.78, 5) is 13.8. The molecule has 2 unspecified atom stereocenters. The Labute approximate surface area is 135 Å². The van der Waals surface area contributed by atoms with Gasteiger partial charge in [0.15, 0.2) is 0 Å². The molecule has 1 fully saturated rings. The van der Waals surface area contributed by atoms with Crippen molar-refractivity contribution >= 4 is 29.0 Å².